The number of hydrogen-bond acceptors (Lipinski definition) is 3. The van der Waals surface area contributed by atoms with E-state index < -0.39 is 0 Å². The normalized spacial score (nSPS) is 11.1. The molecule has 0 bridgehead atoms. The van der Waals surface area contributed by atoms with Crippen LogP contribution in [0, 0.1) is 26.6 Å². The summed E-state index contributed by atoms with van der Waals surface area (Å²) >= 11 is 9.57. The first-order chi connectivity index (χ1) is 13.2. The zero-order chi connectivity index (χ0) is 20.4. The van der Waals surface area contributed by atoms with Gasteiger partial charge >= 0.3 is 0 Å². The molecular formula is C19H20BrClFN5O. The number of carbonyl (C=O) groups excluding carboxylic acids is 1. The molecule has 0 aliphatic heterocycles. The highest BCUT2D eigenvalue weighted by Crippen LogP contribution is 2.21. The van der Waals surface area contributed by atoms with Crippen LogP contribution in [0.2, 0.25) is 5.02 Å². The third kappa shape index (κ3) is 4.62. The van der Waals surface area contributed by atoms with Crippen molar-refractivity contribution in [2.24, 2.45) is 0 Å². The summed E-state index contributed by atoms with van der Waals surface area (Å²) in [6.07, 6.45) is 0.282. The van der Waals surface area contributed by atoms with E-state index in [0.29, 0.717) is 23.9 Å². The van der Waals surface area contributed by atoms with E-state index in [-0.39, 0.29) is 18.1 Å². The van der Waals surface area contributed by atoms with Gasteiger partial charge in [0.05, 0.1) is 23.3 Å². The molecule has 0 atom stereocenters. The van der Waals surface area contributed by atoms with Crippen LogP contribution in [0.15, 0.2) is 28.7 Å². The number of nitrogens with one attached hydrogen (secondary N) is 1. The van der Waals surface area contributed by atoms with E-state index in [1.165, 1.54) is 12.1 Å². The van der Waals surface area contributed by atoms with E-state index in [0.717, 1.165) is 27.1 Å². The van der Waals surface area contributed by atoms with Crippen molar-refractivity contribution in [1.82, 2.24) is 19.6 Å². The monoisotopic (exact) mass is 467 g/mol. The third-order valence-electron chi connectivity index (χ3n) is 4.43. The molecule has 0 saturated heterocycles. The van der Waals surface area contributed by atoms with Crippen LogP contribution < -0.4 is 5.32 Å². The van der Waals surface area contributed by atoms with E-state index >= 15 is 0 Å². The van der Waals surface area contributed by atoms with Crippen LogP contribution in [-0.4, -0.2) is 25.5 Å². The third-order valence-corrected chi connectivity index (χ3v) is 5.93. The molecule has 1 amide bonds. The first-order valence-electron chi connectivity index (χ1n) is 8.72. The number of halogens is 3. The number of amides is 1. The highest BCUT2D eigenvalue weighted by molar-refractivity contribution is 9.10. The molecule has 0 radical (unpaired) electrons. The molecule has 28 heavy (non-hydrogen) atoms. The van der Waals surface area contributed by atoms with E-state index in [4.69, 9.17) is 11.6 Å². The fraction of sp³-hybridized carbons (Fsp3) is 0.316. The largest absolute Gasteiger partial charge is 0.309 e. The number of hydrogen-bond donors (Lipinski definition) is 1. The van der Waals surface area contributed by atoms with Gasteiger partial charge in [0, 0.05) is 28.9 Å². The van der Waals surface area contributed by atoms with E-state index in [2.05, 4.69) is 31.4 Å². The Morgan fingerprint density at radius 2 is 1.96 bits per heavy atom. The summed E-state index contributed by atoms with van der Waals surface area (Å²) in [4.78, 5) is 12.3. The van der Waals surface area contributed by atoms with Gasteiger partial charge in [-0.25, -0.2) is 4.39 Å². The molecular weight excluding hydrogens is 449 g/mol. The van der Waals surface area contributed by atoms with Crippen LogP contribution >= 0.6 is 27.5 Å². The maximum atomic E-state index is 13.2. The average molecular weight is 469 g/mol. The Labute approximate surface area is 175 Å². The molecule has 2 heterocycles. The number of aromatic nitrogens is 4. The predicted molar refractivity (Wildman–Crippen MR) is 110 cm³/mol. The van der Waals surface area contributed by atoms with Gasteiger partial charge in [-0.1, -0.05) is 17.7 Å². The van der Waals surface area contributed by atoms with Crippen LogP contribution in [0.4, 0.5) is 10.2 Å². The molecule has 1 N–H and O–H groups in total. The second kappa shape index (κ2) is 8.45. The molecule has 0 saturated carbocycles. The standard InChI is InChI=1S/C19H20BrClFN5O/c1-11-8-17(25-27(11)10-14-4-5-15(22)9-16(14)21)23-18(28)6-7-26-13(3)19(20)12(2)24-26/h4-5,8-9H,6-7,10H2,1-3H3,(H,23,25,28). The molecule has 1 aromatic carbocycles. The van der Waals surface area contributed by atoms with Gasteiger partial charge in [0.1, 0.15) is 5.82 Å². The first-order valence-corrected chi connectivity index (χ1v) is 9.89. The molecule has 0 aliphatic carbocycles. The number of benzene rings is 1. The summed E-state index contributed by atoms with van der Waals surface area (Å²) in [6.45, 7) is 6.62. The lowest BCUT2D eigenvalue weighted by Crippen LogP contribution is -2.16. The molecule has 148 valence electrons. The van der Waals surface area contributed by atoms with Gasteiger partial charge in [-0.3, -0.25) is 14.2 Å². The molecule has 0 spiro atoms. The Kier molecular flexibility index (Phi) is 6.20. The van der Waals surface area contributed by atoms with Crippen LogP contribution in [0.3, 0.4) is 0 Å². The van der Waals surface area contributed by atoms with Gasteiger partial charge in [0.2, 0.25) is 5.91 Å². The van der Waals surface area contributed by atoms with Crippen molar-refractivity contribution in [1.29, 1.82) is 0 Å². The SMILES string of the molecule is Cc1nn(CCC(=O)Nc2cc(C)n(Cc3ccc(F)cc3Cl)n2)c(C)c1Br. The maximum Gasteiger partial charge on any atom is 0.227 e. The minimum atomic E-state index is -0.381. The van der Waals surface area contributed by atoms with Gasteiger partial charge in [-0.15, -0.1) is 0 Å². The summed E-state index contributed by atoms with van der Waals surface area (Å²) in [5.74, 6) is -0.0584. The first kappa shape index (κ1) is 20.5. The predicted octanol–water partition coefficient (Wildman–Crippen LogP) is 4.64. The number of nitrogens with zero attached hydrogens (tertiary/aromatic N) is 4. The van der Waals surface area contributed by atoms with Crippen molar-refractivity contribution in [3.8, 4) is 0 Å². The molecule has 2 aromatic heterocycles. The quantitative estimate of drug-likeness (QED) is 0.573. The molecule has 3 aromatic rings. The van der Waals surface area contributed by atoms with Crippen molar-refractivity contribution in [3.05, 3.63) is 62.2 Å². The lowest BCUT2D eigenvalue weighted by atomic mass is 10.2. The minimum Gasteiger partial charge on any atom is -0.309 e. The van der Waals surface area contributed by atoms with Crippen molar-refractivity contribution in [2.45, 2.75) is 40.3 Å². The number of carbonyl (C=O) groups is 1. The summed E-state index contributed by atoms with van der Waals surface area (Å²) in [6, 6.07) is 6.05. The zero-order valence-corrected chi connectivity index (χ0v) is 18.1. The van der Waals surface area contributed by atoms with Gasteiger partial charge in [-0.2, -0.15) is 10.2 Å². The molecule has 6 nitrogen and oxygen atoms in total. The fourth-order valence-corrected chi connectivity index (χ4v) is 3.36. The Hall–Kier alpha value is -2.19. The van der Waals surface area contributed by atoms with Gasteiger partial charge < -0.3 is 5.32 Å². The van der Waals surface area contributed by atoms with Gasteiger partial charge in [0.25, 0.3) is 0 Å². The molecule has 0 unspecified atom stereocenters. The average Bonchev–Trinajstić information content (AvgIpc) is 3.09. The van der Waals surface area contributed by atoms with Crippen molar-refractivity contribution < 1.29 is 9.18 Å². The zero-order valence-electron chi connectivity index (χ0n) is 15.8. The van der Waals surface area contributed by atoms with Crippen LogP contribution in [0.1, 0.15) is 29.1 Å². The summed E-state index contributed by atoms with van der Waals surface area (Å²) in [7, 11) is 0. The Bertz CT molecular complexity index is 1030. The molecule has 3 rings (SSSR count). The molecule has 0 aliphatic rings. The minimum absolute atomic E-state index is 0.145. The lowest BCUT2D eigenvalue weighted by Gasteiger charge is -2.07. The van der Waals surface area contributed by atoms with Gasteiger partial charge in [-0.05, 0) is 54.4 Å². The van der Waals surface area contributed by atoms with E-state index in [9.17, 15) is 9.18 Å². The van der Waals surface area contributed by atoms with Crippen LogP contribution in [-0.2, 0) is 17.9 Å². The number of aryl methyl sites for hydroxylation is 3. The summed E-state index contributed by atoms with van der Waals surface area (Å²) < 4.78 is 17.7. The van der Waals surface area contributed by atoms with Crippen molar-refractivity contribution >= 4 is 39.3 Å². The highest BCUT2D eigenvalue weighted by atomic mass is 79.9. The molecule has 0 fully saturated rings. The van der Waals surface area contributed by atoms with Crippen LogP contribution in [0.5, 0.6) is 0 Å². The Morgan fingerprint density at radius 3 is 2.61 bits per heavy atom. The van der Waals surface area contributed by atoms with Crippen molar-refractivity contribution in [3.63, 3.8) is 0 Å². The second-order valence-electron chi connectivity index (χ2n) is 6.57. The fourth-order valence-electron chi connectivity index (χ4n) is 2.85. The second-order valence-corrected chi connectivity index (χ2v) is 7.77. The van der Waals surface area contributed by atoms with E-state index in [1.54, 1.807) is 21.5 Å². The van der Waals surface area contributed by atoms with Gasteiger partial charge in [0.15, 0.2) is 5.82 Å². The number of rotatable bonds is 6. The topological polar surface area (TPSA) is 64.7 Å². The van der Waals surface area contributed by atoms with E-state index in [1.807, 2.05) is 20.8 Å². The number of anilines is 1. The van der Waals surface area contributed by atoms with Crippen LogP contribution in [0.25, 0.3) is 0 Å². The maximum absolute atomic E-state index is 13.2. The lowest BCUT2D eigenvalue weighted by molar-refractivity contribution is -0.116. The summed E-state index contributed by atoms with van der Waals surface area (Å²) in [5.41, 5.74) is 3.49. The summed E-state index contributed by atoms with van der Waals surface area (Å²) in [5, 5.41) is 12.0. The Morgan fingerprint density at radius 1 is 1.21 bits per heavy atom. The van der Waals surface area contributed by atoms with Crippen molar-refractivity contribution in [2.75, 3.05) is 5.32 Å². The highest BCUT2D eigenvalue weighted by Gasteiger charge is 2.13. The Balaban J connectivity index is 1.62. The molecule has 9 heteroatoms. The smallest absolute Gasteiger partial charge is 0.227 e.